The first kappa shape index (κ1) is 25.3. The number of nitrogens with zero attached hydrogens (tertiary/aromatic N) is 2. The van der Waals surface area contributed by atoms with Crippen molar-refractivity contribution in [2.45, 2.75) is 60.4 Å². The van der Waals surface area contributed by atoms with Crippen LogP contribution >= 0.6 is 11.3 Å². The maximum absolute atomic E-state index is 13.6. The lowest BCUT2D eigenvalue weighted by Crippen LogP contribution is -2.49. The summed E-state index contributed by atoms with van der Waals surface area (Å²) >= 11 is 1.75. The number of aryl methyl sites for hydroxylation is 2. The maximum Gasteiger partial charge on any atom is 0.242 e. The minimum absolute atomic E-state index is 0.00150. The molecular formula is C27H38N2O3S. The van der Waals surface area contributed by atoms with Gasteiger partial charge in [-0.05, 0) is 54.8 Å². The van der Waals surface area contributed by atoms with Gasteiger partial charge in [-0.3, -0.25) is 9.59 Å². The second-order valence-electron chi connectivity index (χ2n) is 9.62. The fourth-order valence-corrected chi connectivity index (χ4v) is 5.29. The van der Waals surface area contributed by atoms with Gasteiger partial charge in [0.2, 0.25) is 11.8 Å². The monoisotopic (exact) mass is 470 g/mol. The van der Waals surface area contributed by atoms with E-state index in [1.807, 2.05) is 37.8 Å². The molecule has 2 heterocycles. The minimum Gasteiger partial charge on any atom is -0.491 e. The Hall–Kier alpha value is -2.34. The Morgan fingerprint density at radius 3 is 2.64 bits per heavy atom. The molecule has 0 saturated carbocycles. The summed E-state index contributed by atoms with van der Waals surface area (Å²) in [5.41, 5.74) is 3.47. The van der Waals surface area contributed by atoms with Gasteiger partial charge in [0.05, 0.1) is 12.6 Å². The zero-order valence-electron chi connectivity index (χ0n) is 20.9. The van der Waals surface area contributed by atoms with Gasteiger partial charge >= 0.3 is 0 Å². The highest BCUT2D eigenvalue weighted by Gasteiger charge is 2.34. The van der Waals surface area contributed by atoms with E-state index in [1.165, 1.54) is 16.0 Å². The van der Waals surface area contributed by atoms with Crippen LogP contribution in [0.4, 0.5) is 0 Å². The fourth-order valence-electron chi connectivity index (χ4n) is 4.36. The Morgan fingerprint density at radius 2 is 1.97 bits per heavy atom. The Balaban J connectivity index is 1.79. The molecule has 1 aromatic carbocycles. The van der Waals surface area contributed by atoms with Crippen LogP contribution in [0.15, 0.2) is 29.6 Å². The number of hydrogen-bond donors (Lipinski definition) is 0. The molecule has 0 fully saturated rings. The molecule has 0 spiro atoms. The number of rotatable bonds is 9. The first-order valence-corrected chi connectivity index (χ1v) is 12.9. The van der Waals surface area contributed by atoms with Gasteiger partial charge in [0, 0.05) is 23.9 Å². The molecule has 33 heavy (non-hydrogen) atoms. The summed E-state index contributed by atoms with van der Waals surface area (Å²) in [6.07, 6.45) is 1.83. The van der Waals surface area contributed by atoms with Crippen LogP contribution in [0.2, 0.25) is 0 Å². The Labute approximate surface area is 202 Å². The molecule has 3 rings (SSSR count). The van der Waals surface area contributed by atoms with Crippen molar-refractivity contribution in [2.75, 3.05) is 26.2 Å². The smallest absolute Gasteiger partial charge is 0.242 e. The highest BCUT2D eigenvalue weighted by atomic mass is 32.1. The first-order valence-electron chi connectivity index (χ1n) is 12.1. The normalized spacial score (nSPS) is 16.5. The van der Waals surface area contributed by atoms with E-state index < -0.39 is 0 Å². The van der Waals surface area contributed by atoms with Crippen LogP contribution in [0.5, 0.6) is 5.75 Å². The summed E-state index contributed by atoms with van der Waals surface area (Å²) in [6, 6.07) is 8.13. The molecule has 2 amide bonds. The summed E-state index contributed by atoms with van der Waals surface area (Å²) < 4.78 is 6.24. The summed E-state index contributed by atoms with van der Waals surface area (Å²) in [7, 11) is 0. The number of carbonyl (C=O) groups is 2. The molecule has 2 aromatic rings. The number of thiophene rings is 1. The lowest BCUT2D eigenvalue weighted by molar-refractivity contribution is -0.144. The molecule has 0 aliphatic carbocycles. The summed E-state index contributed by atoms with van der Waals surface area (Å²) in [5.74, 6) is 1.12. The summed E-state index contributed by atoms with van der Waals surface area (Å²) in [4.78, 5) is 31.4. The lowest BCUT2D eigenvalue weighted by atomic mass is 10.00. The molecule has 6 heteroatoms. The molecule has 2 atom stereocenters. The highest BCUT2D eigenvalue weighted by molar-refractivity contribution is 7.10. The Morgan fingerprint density at radius 1 is 1.21 bits per heavy atom. The van der Waals surface area contributed by atoms with E-state index >= 15 is 0 Å². The van der Waals surface area contributed by atoms with Gasteiger partial charge in [-0.1, -0.05) is 51.8 Å². The zero-order valence-corrected chi connectivity index (χ0v) is 21.7. The van der Waals surface area contributed by atoms with Crippen molar-refractivity contribution in [3.05, 3.63) is 51.2 Å². The SMILES string of the molecule is CC[C@H](C)CN(CC(=O)N1CCc2sccc2[C@H]1COc1ccc(C)cc1C)C(=O)C(C)C. The van der Waals surface area contributed by atoms with E-state index in [1.54, 1.807) is 16.2 Å². The molecule has 1 aliphatic heterocycles. The number of fused-ring (bicyclic) bond motifs is 1. The molecule has 0 radical (unpaired) electrons. The third-order valence-electron chi connectivity index (χ3n) is 6.50. The maximum atomic E-state index is 13.6. The third-order valence-corrected chi connectivity index (χ3v) is 7.50. The van der Waals surface area contributed by atoms with E-state index in [-0.39, 0.29) is 30.3 Å². The van der Waals surface area contributed by atoms with Crippen molar-refractivity contribution in [1.82, 2.24) is 9.80 Å². The van der Waals surface area contributed by atoms with Crippen molar-refractivity contribution in [2.24, 2.45) is 11.8 Å². The molecule has 0 saturated heterocycles. The molecule has 5 nitrogen and oxygen atoms in total. The molecular weight excluding hydrogens is 432 g/mol. The molecule has 0 unspecified atom stereocenters. The summed E-state index contributed by atoms with van der Waals surface area (Å²) in [6.45, 7) is 14.0. The standard InChI is InChI=1S/C27H38N2O3S/c1-7-19(4)15-28(27(31)18(2)3)16-26(30)29-12-10-25-22(11-13-33-25)23(29)17-32-24-9-8-20(5)14-21(24)6/h8-9,11,13-14,18-19,23H,7,10,12,15-17H2,1-6H3/t19-,23+/m0/s1. The third kappa shape index (κ3) is 6.17. The van der Waals surface area contributed by atoms with E-state index in [0.29, 0.717) is 25.6 Å². The van der Waals surface area contributed by atoms with Gasteiger partial charge in [0.1, 0.15) is 12.4 Å². The van der Waals surface area contributed by atoms with Gasteiger partial charge in [-0.25, -0.2) is 0 Å². The quantitative estimate of drug-likeness (QED) is 0.493. The van der Waals surface area contributed by atoms with Crippen LogP contribution in [-0.4, -0.2) is 47.9 Å². The Bertz CT molecular complexity index is 968. The van der Waals surface area contributed by atoms with E-state index in [9.17, 15) is 9.59 Å². The second-order valence-corrected chi connectivity index (χ2v) is 10.6. The van der Waals surface area contributed by atoms with Gasteiger partial charge in [-0.2, -0.15) is 0 Å². The average Bonchev–Trinajstić information content (AvgIpc) is 3.26. The summed E-state index contributed by atoms with van der Waals surface area (Å²) in [5, 5.41) is 2.10. The number of benzene rings is 1. The topological polar surface area (TPSA) is 49.9 Å². The van der Waals surface area contributed by atoms with E-state index in [2.05, 4.69) is 38.3 Å². The second kappa shape index (κ2) is 11.2. The highest BCUT2D eigenvalue weighted by Crippen LogP contribution is 2.34. The van der Waals surface area contributed by atoms with Crippen LogP contribution in [0.3, 0.4) is 0 Å². The first-order chi connectivity index (χ1) is 15.7. The van der Waals surface area contributed by atoms with E-state index in [4.69, 9.17) is 4.74 Å². The number of carbonyl (C=O) groups excluding carboxylic acids is 2. The van der Waals surface area contributed by atoms with Crippen LogP contribution in [0, 0.1) is 25.7 Å². The fraction of sp³-hybridized carbons (Fsp3) is 0.556. The van der Waals surface area contributed by atoms with Crippen molar-refractivity contribution >= 4 is 23.2 Å². The number of amides is 2. The number of hydrogen-bond acceptors (Lipinski definition) is 4. The number of ether oxygens (including phenoxy) is 1. The van der Waals surface area contributed by atoms with Crippen molar-refractivity contribution in [3.8, 4) is 5.75 Å². The molecule has 180 valence electrons. The van der Waals surface area contributed by atoms with Crippen molar-refractivity contribution < 1.29 is 14.3 Å². The largest absolute Gasteiger partial charge is 0.491 e. The molecule has 0 N–H and O–H groups in total. The van der Waals surface area contributed by atoms with Gasteiger partial charge in [-0.15, -0.1) is 11.3 Å². The minimum atomic E-state index is -0.146. The molecule has 1 aromatic heterocycles. The molecule has 0 bridgehead atoms. The predicted octanol–water partition coefficient (Wildman–Crippen LogP) is 5.40. The predicted molar refractivity (Wildman–Crippen MR) is 135 cm³/mol. The van der Waals surface area contributed by atoms with Gasteiger partial charge in [0.25, 0.3) is 0 Å². The van der Waals surface area contributed by atoms with Crippen LogP contribution in [-0.2, 0) is 16.0 Å². The zero-order chi connectivity index (χ0) is 24.1. The lowest BCUT2D eigenvalue weighted by Gasteiger charge is -2.37. The average molecular weight is 471 g/mol. The van der Waals surface area contributed by atoms with Crippen LogP contribution < -0.4 is 4.74 Å². The van der Waals surface area contributed by atoms with E-state index in [0.717, 1.165) is 24.2 Å². The van der Waals surface area contributed by atoms with Crippen LogP contribution in [0.25, 0.3) is 0 Å². The van der Waals surface area contributed by atoms with Crippen LogP contribution in [0.1, 0.15) is 61.7 Å². The Kier molecular flexibility index (Phi) is 8.57. The van der Waals surface area contributed by atoms with Crippen molar-refractivity contribution in [1.29, 1.82) is 0 Å². The van der Waals surface area contributed by atoms with Gasteiger partial charge in [0.15, 0.2) is 0 Å². The van der Waals surface area contributed by atoms with Gasteiger partial charge < -0.3 is 14.5 Å². The van der Waals surface area contributed by atoms with Crippen molar-refractivity contribution in [3.63, 3.8) is 0 Å². The molecule has 1 aliphatic rings.